The molecule has 1 unspecified atom stereocenters. The van der Waals surface area contributed by atoms with Gasteiger partial charge in [-0.2, -0.15) is 0 Å². The van der Waals surface area contributed by atoms with E-state index in [-0.39, 0.29) is 37.5 Å². The molecular weight excluding hydrogens is 417 g/mol. The minimum atomic E-state index is -1.54. The summed E-state index contributed by atoms with van der Waals surface area (Å²) >= 11 is 0. The minimum Gasteiger partial charge on any atom is -0.383 e. The fraction of sp³-hybridized carbons (Fsp3) is 0.609. The summed E-state index contributed by atoms with van der Waals surface area (Å²) in [5, 5.41) is 0. The van der Waals surface area contributed by atoms with Gasteiger partial charge in [-0.25, -0.2) is 4.39 Å². The maximum atomic E-state index is 14.8. The van der Waals surface area contributed by atoms with Gasteiger partial charge < -0.3 is 14.4 Å². The molecule has 3 amide bonds. The summed E-state index contributed by atoms with van der Waals surface area (Å²) < 4.78 is 25.1. The lowest BCUT2D eigenvalue weighted by Gasteiger charge is -2.30. The van der Waals surface area contributed by atoms with Crippen LogP contribution in [0.1, 0.15) is 24.8 Å². The van der Waals surface area contributed by atoms with Crippen LogP contribution in [-0.2, 0) is 29.3 Å². The smallest absolute Gasteiger partial charge is 0.241 e. The minimum absolute atomic E-state index is 0.0773. The molecule has 1 atom stereocenters. The molecule has 2 aliphatic rings. The van der Waals surface area contributed by atoms with E-state index in [1.165, 1.54) is 25.3 Å². The van der Waals surface area contributed by atoms with Gasteiger partial charge >= 0.3 is 0 Å². The predicted octanol–water partition coefficient (Wildman–Crippen LogP) is 1.04. The molecule has 0 aromatic heterocycles. The Morgan fingerprint density at radius 3 is 2.62 bits per heavy atom. The first-order valence-corrected chi connectivity index (χ1v) is 11.0. The van der Waals surface area contributed by atoms with Gasteiger partial charge in [0.15, 0.2) is 0 Å². The van der Waals surface area contributed by atoms with Crippen LogP contribution in [0, 0.1) is 5.82 Å². The van der Waals surface area contributed by atoms with Crippen molar-refractivity contribution >= 4 is 17.7 Å². The Kier molecular flexibility index (Phi) is 8.33. The molecule has 9 heteroatoms. The third kappa shape index (κ3) is 5.33. The summed E-state index contributed by atoms with van der Waals surface area (Å²) in [6, 6.07) is 5.89. The summed E-state index contributed by atoms with van der Waals surface area (Å²) in [5.41, 5.74) is -1.44. The Balaban J connectivity index is 1.73. The highest BCUT2D eigenvalue weighted by Crippen LogP contribution is 2.41. The second-order valence-corrected chi connectivity index (χ2v) is 8.38. The number of carbonyl (C=O) groups is 3. The van der Waals surface area contributed by atoms with Gasteiger partial charge in [0.2, 0.25) is 17.7 Å². The van der Waals surface area contributed by atoms with E-state index < -0.39 is 23.0 Å². The number of imide groups is 1. The highest BCUT2D eigenvalue weighted by Gasteiger charge is 2.54. The Morgan fingerprint density at radius 2 is 1.94 bits per heavy atom. The van der Waals surface area contributed by atoms with Crippen LogP contribution >= 0.6 is 0 Å². The first-order chi connectivity index (χ1) is 15.4. The van der Waals surface area contributed by atoms with Gasteiger partial charge in [0.1, 0.15) is 5.82 Å². The monoisotopic (exact) mass is 449 g/mol. The quantitative estimate of drug-likeness (QED) is 0.497. The summed E-state index contributed by atoms with van der Waals surface area (Å²) in [4.78, 5) is 44.1. The molecule has 0 saturated carbocycles. The van der Waals surface area contributed by atoms with Gasteiger partial charge in [0.25, 0.3) is 0 Å². The molecular formula is C23H32FN3O5. The van der Waals surface area contributed by atoms with Crippen LogP contribution in [-0.4, -0.2) is 99.1 Å². The number of likely N-dealkylation sites (tertiary alicyclic amines) is 1. The molecule has 0 bridgehead atoms. The van der Waals surface area contributed by atoms with Crippen LogP contribution in [0.15, 0.2) is 24.3 Å². The molecule has 2 aliphatic heterocycles. The van der Waals surface area contributed by atoms with Crippen LogP contribution in [0.25, 0.3) is 0 Å². The highest BCUT2D eigenvalue weighted by atomic mass is 19.1. The standard InChI is InChI=1S/C23H32FN3O5/c1-25(8-5-9-26-10-14-32-15-11-26)20(28)16-23(18-6-3-4-7-19(18)24)17-21(29)27(22(23)30)12-13-31-2/h3-4,6-7H,5,8-17H2,1-2H3. The average molecular weight is 450 g/mol. The molecule has 0 N–H and O–H groups in total. The molecule has 32 heavy (non-hydrogen) atoms. The van der Waals surface area contributed by atoms with E-state index in [2.05, 4.69) is 4.90 Å². The normalized spacial score (nSPS) is 21.9. The van der Waals surface area contributed by atoms with Crippen molar-refractivity contribution in [2.45, 2.75) is 24.7 Å². The van der Waals surface area contributed by atoms with Crippen LogP contribution < -0.4 is 0 Å². The number of nitrogens with zero attached hydrogens (tertiary/aromatic N) is 3. The van der Waals surface area contributed by atoms with Gasteiger partial charge in [-0.3, -0.25) is 24.2 Å². The van der Waals surface area contributed by atoms with Gasteiger partial charge in [-0.05, 0) is 12.5 Å². The zero-order valence-corrected chi connectivity index (χ0v) is 18.8. The lowest BCUT2D eigenvalue weighted by molar-refractivity contribution is -0.143. The van der Waals surface area contributed by atoms with E-state index in [0.717, 1.165) is 44.2 Å². The second-order valence-electron chi connectivity index (χ2n) is 8.38. The third-order valence-corrected chi connectivity index (χ3v) is 6.27. The summed E-state index contributed by atoms with van der Waals surface area (Å²) in [6.07, 6.45) is 0.293. The predicted molar refractivity (Wildman–Crippen MR) is 115 cm³/mol. The topological polar surface area (TPSA) is 79.4 Å². The zero-order chi connectivity index (χ0) is 23.1. The largest absolute Gasteiger partial charge is 0.383 e. The Bertz CT molecular complexity index is 830. The number of amides is 3. The fourth-order valence-corrected chi connectivity index (χ4v) is 4.38. The van der Waals surface area contributed by atoms with Gasteiger partial charge in [-0.15, -0.1) is 0 Å². The van der Waals surface area contributed by atoms with Crippen LogP contribution in [0.3, 0.4) is 0 Å². The molecule has 1 aromatic carbocycles. The number of hydrogen-bond donors (Lipinski definition) is 0. The number of carbonyl (C=O) groups excluding carboxylic acids is 3. The van der Waals surface area contributed by atoms with Crippen molar-refractivity contribution in [2.75, 3.05) is 66.7 Å². The second kappa shape index (κ2) is 11.0. The van der Waals surface area contributed by atoms with Crippen molar-refractivity contribution in [2.24, 2.45) is 0 Å². The number of hydrogen-bond acceptors (Lipinski definition) is 6. The van der Waals surface area contributed by atoms with Crippen LogP contribution in [0.2, 0.25) is 0 Å². The fourth-order valence-electron chi connectivity index (χ4n) is 4.38. The Labute approximate surface area is 188 Å². The van der Waals surface area contributed by atoms with Gasteiger partial charge in [0.05, 0.1) is 31.8 Å². The molecule has 2 fully saturated rings. The van der Waals surface area contributed by atoms with Crippen molar-refractivity contribution < 1.29 is 28.2 Å². The Hall–Kier alpha value is -2.36. The van der Waals surface area contributed by atoms with Gasteiger partial charge in [-0.1, -0.05) is 18.2 Å². The van der Waals surface area contributed by atoms with Crippen LogP contribution in [0.5, 0.6) is 0 Å². The zero-order valence-electron chi connectivity index (χ0n) is 18.8. The molecule has 0 radical (unpaired) electrons. The number of morpholine rings is 1. The maximum absolute atomic E-state index is 14.8. The first kappa shape index (κ1) is 24.3. The molecule has 2 heterocycles. The lowest BCUT2D eigenvalue weighted by Crippen LogP contribution is -2.44. The number of methoxy groups -OCH3 is 1. The third-order valence-electron chi connectivity index (χ3n) is 6.27. The number of halogens is 1. The highest BCUT2D eigenvalue weighted by molar-refractivity contribution is 6.10. The van der Waals surface area contributed by atoms with E-state index in [9.17, 15) is 18.8 Å². The molecule has 176 valence electrons. The van der Waals surface area contributed by atoms with E-state index in [4.69, 9.17) is 9.47 Å². The molecule has 0 spiro atoms. The molecule has 3 rings (SSSR count). The number of rotatable bonds is 10. The first-order valence-electron chi connectivity index (χ1n) is 11.0. The van der Waals surface area contributed by atoms with Crippen molar-refractivity contribution in [3.05, 3.63) is 35.6 Å². The summed E-state index contributed by atoms with van der Waals surface area (Å²) in [6.45, 7) is 4.81. The van der Waals surface area contributed by atoms with E-state index in [0.29, 0.717) is 6.54 Å². The average Bonchev–Trinajstić information content (AvgIpc) is 3.02. The van der Waals surface area contributed by atoms with Crippen molar-refractivity contribution in [3.8, 4) is 0 Å². The SMILES string of the molecule is COCCN1C(=O)CC(CC(=O)N(C)CCCN2CCOCC2)(c2ccccc2F)C1=O. The summed E-state index contributed by atoms with van der Waals surface area (Å²) in [5.74, 6) is -1.84. The molecule has 1 aromatic rings. The lowest BCUT2D eigenvalue weighted by atomic mass is 9.75. The van der Waals surface area contributed by atoms with E-state index in [1.807, 2.05) is 0 Å². The Morgan fingerprint density at radius 1 is 1.22 bits per heavy atom. The molecule has 0 aliphatic carbocycles. The number of ether oxygens (including phenoxy) is 2. The maximum Gasteiger partial charge on any atom is 0.241 e. The van der Waals surface area contributed by atoms with Crippen LogP contribution in [0.4, 0.5) is 4.39 Å². The molecule has 8 nitrogen and oxygen atoms in total. The van der Waals surface area contributed by atoms with E-state index >= 15 is 0 Å². The van der Waals surface area contributed by atoms with Crippen molar-refractivity contribution in [3.63, 3.8) is 0 Å². The summed E-state index contributed by atoms with van der Waals surface area (Å²) in [7, 11) is 3.16. The van der Waals surface area contributed by atoms with Crippen molar-refractivity contribution in [1.29, 1.82) is 0 Å². The van der Waals surface area contributed by atoms with Gasteiger partial charge in [0, 0.05) is 58.7 Å². The van der Waals surface area contributed by atoms with Crippen molar-refractivity contribution in [1.82, 2.24) is 14.7 Å². The van der Waals surface area contributed by atoms with E-state index in [1.54, 1.807) is 18.0 Å². The molecule has 2 saturated heterocycles. The number of benzene rings is 1.